The van der Waals surface area contributed by atoms with Crippen molar-refractivity contribution in [2.24, 2.45) is 10.4 Å². The van der Waals surface area contributed by atoms with E-state index in [9.17, 15) is 0 Å². The number of thiazole rings is 1. The number of guanidine groups is 1. The van der Waals surface area contributed by atoms with Gasteiger partial charge in [0.25, 0.3) is 0 Å². The Balaban J connectivity index is 2.22. The van der Waals surface area contributed by atoms with E-state index >= 15 is 0 Å². The summed E-state index contributed by atoms with van der Waals surface area (Å²) in [6.45, 7) is 10.6. The highest BCUT2D eigenvalue weighted by Crippen LogP contribution is 2.16. The molecule has 0 radical (unpaired) electrons. The number of aryl methyl sites for hydroxylation is 1. The van der Waals surface area contributed by atoms with Gasteiger partial charge in [-0.3, -0.25) is 4.99 Å². The Bertz CT molecular complexity index is 404. The van der Waals surface area contributed by atoms with E-state index in [1.165, 1.54) is 0 Å². The van der Waals surface area contributed by atoms with Crippen LogP contribution in [0, 0.1) is 12.3 Å². The average molecular weight is 282 g/mol. The summed E-state index contributed by atoms with van der Waals surface area (Å²) in [4.78, 5) is 8.67. The maximum atomic E-state index is 4.45. The Labute approximate surface area is 120 Å². The highest BCUT2D eigenvalue weighted by molar-refractivity contribution is 7.09. The molecule has 0 aromatic carbocycles. The number of hydrogen-bond acceptors (Lipinski definition) is 3. The molecule has 1 aromatic heterocycles. The molecule has 1 heterocycles. The molecular weight excluding hydrogens is 256 g/mol. The second kappa shape index (κ2) is 7.48. The van der Waals surface area contributed by atoms with E-state index in [1.807, 2.05) is 6.92 Å². The lowest BCUT2D eigenvalue weighted by atomic mass is 9.92. The van der Waals surface area contributed by atoms with Crippen LogP contribution in [0.1, 0.15) is 37.9 Å². The molecule has 4 nitrogen and oxygen atoms in total. The van der Waals surface area contributed by atoms with E-state index in [4.69, 9.17) is 0 Å². The van der Waals surface area contributed by atoms with E-state index in [1.54, 1.807) is 18.4 Å². The van der Waals surface area contributed by atoms with Gasteiger partial charge < -0.3 is 10.6 Å². The van der Waals surface area contributed by atoms with Crippen molar-refractivity contribution in [2.75, 3.05) is 20.1 Å². The standard InChI is InChI=1S/C14H26N4S/c1-11-18-12(10-19-11)6-8-16-13(15-5)17-9-7-14(2,3)4/h10H,6-9H2,1-5H3,(H2,15,16,17). The molecule has 1 rings (SSSR count). The molecule has 2 N–H and O–H groups in total. The molecule has 0 aliphatic carbocycles. The summed E-state index contributed by atoms with van der Waals surface area (Å²) in [5, 5.41) is 9.90. The number of rotatable bonds is 5. The fourth-order valence-electron chi connectivity index (χ4n) is 1.61. The Morgan fingerprint density at radius 2 is 2.00 bits per heavy atom. The molecule has 0 unspecified atom stereocenters. The van der Waals surface area contributed by atoms with Crippen molar-refractivity contribution >= 4 is 17.3 Å². The van der Waals surface area contributed by atoms with Crippen molar-refractivity contribution in [1.82, 2.24) is 15.6 Å². The minimum Gasteiger partial charge on any atom is -0.356 e. The predicted octanol–water partition coefficient (Wildman–Crippen LogP) is 2.60. The van der Waals surface area contributed by atoms with E-state index in [2.05, 4.69) is 46.8 Å². The third-order valence-corrected chi connectivity index (χ3v) is 3.55. The Morgan fingerprint density at radius 3 is 2.53 bits per heavy atom. The van der Waals surface area contributed by atoms with Gasteiger partial charge in [-0.1, -0.05) is 20.8 Å². The van der Waals surface area contributed by atoms with E-state index in [0.29, 0.717) is 5.41 Å². The SMILES string of the molecule is CN=C(NCCc1csc(C)n1)NCCC(C)(C)C. The minimum absolute atomic E-state index is 0.351. The first-order valence-electron chi connectivity index (χ1n) is 6.76. The van der Waals surface area contributed by atoms with Crippen molar-refractivity contribution in [3.63, 3.8) is 0 Å². The quantitative estimate of drug-likeness (QED) is 0.645. The topological polar surface area (TPSA) is 49.3 Å². The summed E-state index contributed by atoms with van der Waals surface area (Å²) in [6, 6.07) is 0. The van der Waals surface area contributed by atoms with Crippen molar-refractivity contribution in [3.05, 3.63) is 16.1 Å². The van der Waals surface area contributed by atoms with Gasteiger partial charge in [-0.15, -0.1) is 11.3 Å². The van der Waals surface area contributed by atoms with Gasteiger partial charge in [-0.2, -0.15) is 0 Å². The van der Waals surface area contributed by atoms with E-state index in [0.717, 1.165) is 42.6 Å². The molecule has 1 aromatic rings. The van der Waals surface area contributed by atoms with Gasteiger partial charge in [0.2, 0.25) is 0 Å². The maximum Gasteiger partial charge on any atom is 0.190 e. The van der Waals surface area contributed by atoms with Crippen LogP contribution in [0.15, 0.2) is 10.4 Å². The summed E-state index contributed by atoms with van der Waals surface area (Å²) in [5.41, 5.74) is 1.50. The molecule has 0 amide bonds. The minimum atomic E-state index is 0.351. The predicted molar refractivity (Wildman–Crippen MR) is 84.0 cm³/mol. The molecule has 0 atom stereocenters. The largest absolute Gasteiger partial charge is 0.356 e. The number of aliphatic imine (C=N–C) groups is 1. The zero-order valence-electron chi connectivity index (χ0n) is 12.7. The van der Waals surface area contributed by atoms with Crippen LogP contribution in [-0.2, 0) is 6.42 Å². The van der Waals surface area contributed by atoms with Crippen LogP contribution in [0.5, 0.6) is 0 Å². The fourth-order valence-corrected chi connectivity index (χ4v) is 2.26. The third-order valence-electron chi connectivity index (χ3n) is 2.73. The second-order valence-electron chi connectivity index (χ2n) is 5.84. The monoisotopic (exact) mass is 282 g/mol. The van der Waals surface area contributed by atoms with Gasteiger partial charge >= 0.3 is 0 Å². The second-order valence-corrected chi connectivity index (χ2v) is 6.91. The van der Waals surface area contributed by atoms with Crippen LogP contribution in [0.25, 0.3) is 0 Å². The first kappa shape index (κ1) is 16.0. The van der Waals surface area contributed by atoms with E-state index < -0.39 is 0 Å². The number of aromatic nitrogens is 1. The van der Waals surface area contributed by atoms with Crippen LogP contribution in [-0.4, -0.2) is 31.1 Å². The molecule has 108 valence electrons. The van der Waals surface area contributed by atoms with Gasteiger partial charge in [0.05, 0.1) is 10.7 Å². The van der Waals surface area contributed by atoms with Crippen LogP contribution < -0.4 is 10.6 Å². The van der Waals surface area contributed by atoms with Gasteiger partial charge in [-0.05, 0) is 18.8 Å². The molecule has 19 heavy (non-hydrogen) atoms. The van der Waals surface area contributed by atoms with E-state index in [-0.39, 0.29) is 0 Å². The van der Waals surface area contributed by atoms with Gasteiger partial charge in [0.1, 0.15) is 0 Å². The summed E-state index contributed by atoms with van der Waals surface area (Å²) in [7, 11) is 1.80. The zero-order valence-corrected chi connectivity index (χ0v) is 13.5. The summed E-state index contributed by atoms with van der Waals surface area (Å²) < 4.78 is 0. The van der Waals surface area contributed by atoms with Crippen molar-refractivity contribution in [2.45, 2.75) is 40.5 Å². The first-order valence-corrected chi connectivity index (χ1v) is 7.64. The Morgan fingerprint density at radius 1 is 1.32 bits per heavy atom. The molecule has 0 saturated heterocycles. The number of hydrogen-bond donors (Lipinski definition) is 2. The van der Waals surface area contributed by atoms with Crippen LogP contribution in [0.4, 0.5) is 0 Å². The number of nitrogens with one attached hydrogen (secondary N) is 2. The fraction of sp³-hybridized carbons (Fsp3) is 0.714. The van der Waals surface area contributed by atoms with Gasteiger partial charge in [0, 0.05) is 31.9 Å². The highest BCUT2D eigenvalue weighted by atomic mass is 32.1. The zero-order chi connectivity index (χ0) is 14.3. The average Bonchev–Trinajstić information content (AvgIpc) is 2.71. The Kier molecular flexibility index (Phi) is 6.28. The summed E-state index contributed by atoms with van der Waals surface area (Å²) in [6.07, 6.45) is 2.06. The van der Waals surface area contributed by atoms with Crippen molar-refractivity contribution < 1.29 is 0 Å². The lowest BCUT2D eigenvalue weighted by Crippen LogP contribution is -2.39. The van der Waals surface area contributed by atoms with Gasteiger partial charge in [0.15, 0.2) is 5.96 Å². The van der Waals surface area contributed by atoms with Crippen molar-refractivity contribution in [1.29, 1.82) is 0 Å². The summed E-state index contributed by atoms with van der Waals surface area (Å²) in [5.74, 6) is 0.871. The normalized spacial score (nSPS) is 12.6. The molecule has 0 saturated carbocycles. The van der Waals surface area contributed by atoms with Crippen LogP contribution in [0.2, 0.25) is 0 Å². The van der Waals surface area contributed by atoms with Crippen LogP contribution >= 0.6 is 11.3 Å². The first-order chi connectivity index (χ1) is 8.90. The number of nitrogens with zero attached hydrogens (tertiary/aromatic N) is 2. The lowest BCUT2D eigenvalue weighted by Gasteiger charge is -2.19. The molecule has 0 bridgehead atoms. The summed E-state index contributed by atoms with van der Waals surface area (Å²) >= 11 is 1.70. The smallest absolute Gasteiger partial charge is 0.190 e. The van der Waals surface area contributed by atoms with Gasteiger partial charge in [-0.25, -0.2) is 4.98 Å². The molecule has 0 spiro atoms. The lowest BCUT2D eigenvalue weighted by molar-refractivity contribution is 0.377. The maximum absolute atomic E-state index is 4.45. The molecule has 5 heteroatoms. The highest BCUT2D eigenvalue weighted by Gasteiger charge is 2.09. The van der Waals surface area contributed by atoms with Crippen molar-refractivity contribution in [3.8, 4) is 0 Å². The Hall–Kier alpha value is -1.10. The third kappa shape index (κ3) is 7.15. The van der Waals surface area contributed by atoms with Crippen LogP contribution in [0.3, 0.4) is 0 Å². The molecular formula is C14H26N4S. The molecule has 0 aliphatic heterocycles. The molecule has 0 aliphatic rings. The molecule has 0 fully saturated rings.